The van der Waals surface area contributed by atoms with E-state index in [0.29, 0.717) is 17.3 Å². The molecule has 2 rings (SSSR count). The Hall–Kier alpha value is -0.670. The number of halogens is 5. The van der Waals surface area contributed by atoms with Crippen LogP contribution in [0.25, 0.3) is 0 Å². The Morgan fingerprint density at radius 2 is 1.82 bits per heavy atom. The van der Waals surface area contributed by atoms with Crippen LogP contribution in [0.3, 0.4) is 0 Å². The third-order valence-corrected chi connectivity index (χ3v) is 5.67. The van der Waals surface area contributed by atoms with Crippen LogP contribution in [0.4, 0.5) is 17.6 Å². The SMILES string of the molecule is O=S(=O)(NC1CCCCC1C(F)(F)F)c1cc(Br)ccc1F. The van der Waals surface area contributed by atoms with Crippen LogP contribution < -0.4 is 4.72 Å². The van der Waals surface area contributed by atoms with Gasteiger partial charge < -0.3 is 0 Å². The van der Waals surface area contributed by atoms with Gasteiger partial charge in [-0.3, -0.25) is 0 Å². The van der Waals surface area contributed by atoms with E-state index in [0.717, 1.165) is 12.1 Å². The summed E-state index contributed by atoms with van der Waals surface area (Å²) in [5.41, 5.74) is 0. The van der Waals surface area contributed by atoms with Crippen molar-refractivity contribution in [1.82, 2.24) is 4.72 Å². The molecule has 2 unspecified atom stereocenters. The molecule has 1 aliphatic carbocycles. The van der Waals surface area contributed by atoms with Crippen molar-refractivity contribution in [3.05, 3.63) is 28.5 Å². The maximum Gasteiger partial charge on any atom is 0.393 e. The molecule has 0 aliphatic heterocycles. The number of nitrogens with one attached hydrogen (secondary N) is 1. The van der Waals surface area contributed by atoms with E-state index in [9.17, 15) is 26.0 Å². The first kappa shape index (κ1) is 17.7. The Balaban J connectivity index is 2.29. The van der Waals surface area contributed by atoms with Crippen LogP contribution in [0.1, 0.15) is 25.7 Å². The van der Waals surface area contributed by atoms with Gasteiger partial charge >= 0.3 is 6.18 Å². The highest BCUT2D eigenvalue weighted by Crippen LogP contribution is 2.38. The van der Waals surface area contributed by atoms with E-state index in [-0.39, 0.29) is 12.8 Å². The van der Waals surface area contributed by atoms with Crippen molar-refractivity contribution in [2.24, 2.45) is 5.92 Å². The minimum Gasteiger partial charge on any atom is -0.207 e. The lowest BCUT2D eigenvalue weighted by molar-refractivity contribution is -0.187. The predicted octanol–water partition coefficient (Wildman–Crippen LogP) is 3.99. The molecule has 1 aliphatic rings. The monoisotopic (exact) mass is 403 g/mol. The summed E-state index contributed by atoms with van der Waals surface area (Å²) >= 11 is 3.02. The van der Waals surface area contributed by atoms with Gasteiger partial charge in [0.25, 0.3) is 0 Å². The van der Waals surface area contributed by atoms with Gasteiger partial charge in [0, 0.05) is 10.5 Å². The first-order valence-electron chi connectivity index (χ1n) is 6.65. The first-order valence-corrected chi connectivity index (χ1v) is 8.93. The predicted molar refractivity (Wildman–Crippen MR) is 76.2 cm³/mol. The quantitative estimate of drug-likeness (QED) is 0.775. The average molecular weight is 404 g/mol. The van der Waals surface area contributed by atoms with Crippen LogP contribution in [-0.2, 0) is 10.0 Å². The second kappa shape index (κ2) is 6.45. The fourth-order valence-electron chi connectivity index (χ4n) is 2.61. The van der Waals surface area contributed by atoms with Crippen LogP contribution in [-0.4, -0.2) is 20.6 Å². The lowest BCUT2D eigenvalue weighted by atomic mass is 9.85. The molecule has 9 heteroatoms. The Morgan fingerprint density at radius 3 is 2.45 bits per heavy atom. The highest BCUT2D eigenvalue weighted by atomic mass is 79.9. The summed E-state index contributed by atoms with van der Waals surface area (Å²) in [5, 5.41) is 0. The summed E-state index contributed by atoms with van der Waals surface area (Å²) in [7, 11) is -4.36. The topological polar surface area (TPSA) is 46.2 Å². The number of hydrogen-bond donors (Lipinski definition) is 1. The molecular formula is C13H14BrF4NO2S. The Kier molecular flexibility index (Phi) is 5.18. The van der Waals surface area contributed by atoms with E-state index < -0.39 is 38.9 Å². The lowest BCUT2D eigenvalue weighted by Crippen LogP contribution is -2.47. The highest BCUT2D eigenvalue weighted by Gasteiger charge is 2.46. The number of hydrogen-bond acceptors (Lipinski definition) is 2. The molecule has 124 valence electrons. The van der Waals surface area contributed by atoms with Crippen LogP contribution >= 0.6 is 15.9 Å². The molecule has 1 aromatic rings. The molecule has 3 nitrogen and oxygen atoms in total. The smallest absolute Gasteiger partial charge is 0.207 e. The van der Waals surface area contributed by atoms with E-state index in [1.807, 2.05) is 4.72 Å². The van der Waals surface area contributed by atoms with Crippen molar-refractivity contribution in [1.29, 1.82) is 0 Å². The van der Waals surface area contributed by atoms with Crippen LogP contribution in [0.2, 0.25) is 0 Å². The van der Waals surface area contributed by atoms with Gasteiger partial charge in [-0.2, -0.15) is 13.2 Å². The fraction of sp³-hybridized carbons (Fsp3) is 0.538. The molecule has 0 heterocycles. The summed E-state index contributed by atoms with van der Waals surface area (Å²) in [6.45, 7) is 0. The zero-order valence-electron chi connectivity index (χ0n) is 11.3. The molecule has 0 spiro atoms. The fourth-order valence-corrected chi connectivity index (χ4v) is 4.54. The first-order chi connectivity index (χ1) is 10.1. The minimum absolute atomic E-state index is 0.0824. The summed E-state index contributed by atoms with van der Waals surface area (Å²) in [6.07, 6.45) is -3.63. The Bertz CT molecular complexity index is 648. The van der Waals surface area contributed by atoms with E-state index in [4.69, 9.17) is 0 Å². The zero-order valence-corrected chi connectivity index (χ0v) is 13.7. The lowest BCUT2D eigenvalue weighted by Gasteiger charge is -2.33. The van der Waals surface area contributed by atoms with Crippen molar-refractivity contribution in [2.45, 2.75) is 42.8 Å². The van der Waals surface area contributed by atoms with E-state index >= 15 is 0 Å². The molecular weight excluding hydrogens is 390 g/mol. The minimum atomic E-state index is -4.48. The number of rotatable bonds is 3. The summed E-state index contributed by atoms with van der Waals surface area (Å²) in [4.78, 5) is -0.659. The maximum absolute atomic E-state index is 13.7. The van der Waals surface area contributed by atoms with Gasteiger partial charge in [0.15, 0.2) is 0 Å². The summed E-state index contributed by atoms with van der Waals surface area (Å²) in [5.74, 6) is -2.75. The molecule has 1 N–H and O–H groups in total. The van der Waals surface area contributed by atoms with Gasteiger partial charge in [0.05, 0.1) is 5.92 Å². The average Bonchev–Trinajstić information content (AvgIpc) is 2.40. The highest BCUT2D eigenvalue weighted by molar-refractivity contribution is 9.10. The van der Waals surface area contributed by atoms with Crippen molar-refractivity contribution < 1.29 is 26.0 Å². The van der Waals surface area contributed by atoms with Crippen molar-refractivity contribution in [3.8, 4) is 0 Å². The third-order valence-electron chi connectivity index (χ3n) is 3.68. The molecule has 0 amide bonds. The number of alkyl halides is 3. The zero-order chi connectivity index (χ0) is 16.5. The molecule has 1 saturated carbocycles. The number of benzene rings is 1. The molecule has 0 saturated heterocycles. The molecule has 22 heavy (non-hydrogen) atoms. The van der Waals surface area contributed by atoms with Crippen LogP contribution in [0.15, 0.2) is 27.6 Å². The van der Waals surface area contributed by atoms with Crippen LogP contribution in [0, 0.1) is 11.7 Å². The molecule has 0 bridgehead atoms. The molecule has 0 radical (unpaired) electrons. The van der Waals surface area contributed by atoms with E-state index in [1.54, 1.807) is 0 Å². The Labute approximate surface area is 134 Å². The van der Waals surface area contributed by atoms with E-state index in [1.165, 1.54) is 6.07 Å². The summed E-state index contributed by atoms with van der Waals surface area (Å²) < 4.78 is 79.4. The van der Waals surface area contributed by atoms with Crippen molar-refractivity contribution >= 4 is 26.0 Å². The molecule has 1 fully saturated rings. The maximum atomic E-state index is 13.7. The molecule has 2 atom stereocenters. The second-order valence-electron chi connectivity index (χ2n) is 5.24. The van der Waals surface area contributed by atoms with Gasteiger partial charge in [-0.15, -0.1) is 0 Å². The van der Waals surface area contributed by atoms with Crippen molar-refractivity contribution in [3.63, 3.8) is 0 Å². The van der Waals surface area contributed by atoms with Gasteiger partial charge in [-0.05, 0) is 31.0 Å². The van der Waals surface area contributed by atoms with Crippen LogP contribution in [0.5, 0.6) is 0 Å². The van der Waals surface area contributed by atoms with Gasteiger partial charge in [-0.1, -0.05) is 28.8 Å². The van der Waals surface area contributed by atoms with E-state index in [2.05, 4.69) is 15.9 Å². The van der Waals surface area contributed by atoms with Gasteiger partial charge in [-0.25, -0.2) is 17.5 Å². The largest absolute Gasteiger partial charge is 0.393 e. The van der Waals surface area contributed by atoms with Gasteiger partial charge in [0.1, 0.15) is 10.7 Å². The summed E-state index contributed by atoms with van der Waals surface area (Å²) in [6, 6.07) is 2.02. The molecule has 0 aromatic heterocycles. The Morgan fingerprint density at radius 1 is 1.18 bits per heavy atom. The third kappa shape index (κ3) is 3.99. The standard InChI is InChI=1S/C13H14BrF4NO2S/c14-8-5-6-10(15)12(7-8)22(20,21)19-11-4-2-1-3-9(11)13(16,17)18/h5-7,9,11,19H,1-4H2. The van der Waals surface area contributed by atoms with Crippen molar-refractivity contribution in [2.75, 3.05) is 0 Å². The molecule has 1 aromatic carbocycles. The number of sulfonamides is 1. The van der Waals surface area contributed by atoms with Gasteiger partial charge in [0.2, 0.25) is 10.0 Å². The normalized spacial score (nSPS) is 23.5. The second-order valence-corrected chi connectivity index (χ2v) is 7.83.